The number of nitrogens with zero attached hydrogens (tertiary/aromatic N) is 1. The standard InChI is InChI=1S/C32H39ClN4O8/c1-19(38)23(17-28(34)40)16-27(39)25(15-20-9-10-21-6-2-3-7-22(21)14-20)36-31(44)26-8-4-5-13-37(26)32(45)24(11-12-30(42)43)35-29(41)18-33/h2-3,6-7,9-10,14,23-26H,4-5,8,11-13,15-18H2,1H3,(H2,34,40)(H,35,41)(H,36,44)(H,42,43)/t23-,24-,25-,26-/m0/s1. The van der Waals surface area contributed by atoms with Crippen molar-refractivity contribution in [1.82, 2.24) is 15.5 Å². The van der Waals surface area contributed by atoms with Gasteiger partial charge in [0.2, 0.25) is 23.6 Å². The maximum absolute atomic E-state index is 13.8. The summed E-state index contributed by atoms with van der Waals surface area (Å²) in [5, 5.41) is 16.3. The summed E-state index contributed by atoms with van der Waals surface area (Å²) in [6, 6.07) is 9.99. The molecule has 1 fully saturated rings. The van der Waals surface area contributed by atoms with Crippen LogP contribution in [0, 0.1) is 5.92 Å². The molecule has 12 nitrogen and oxygen atoms in total. The zero-order chi connectivity index (χ0) is 33.1. The molecule has 0 aliphatic carbocycles. The van der Waals surface area contributed by atoms with E-state index in [1.54, 1.807) is 0 Å². The number of piperidine rings is 1. The number of hydrogen-bond acceptors (Lipinski definition) is 7. The molecule has 4 amide bonds. The van der Waals surface area contributed by atoms with E-state index < -0.39 is 71.7 Å². The highest BCUT2D eigenvalue weighted by atomic mass is 35.5. The van der Waals surface area contributed by atoms with Crippen molar-refractivity contribution in [1.29, 1.82) is 0 Å². The molecule has 0 saturated carbocycles. The quantitative estimate of drug-likeness (QED) is 0.199. The minimum absolute atomic E-state index is 0.0876. The lowest BCUT2D eigenvalue weighted by atomic mass is 9.89. The van der Waals surface area contributed by atoms with Crippen LogP contribution in [0.2, 0.25) is 0 Å². The van der Waals surface area contributed by atoms with Crippen molar-refractivity contribution in [2.75, 3.05) is 12.4 Å². The highest BCUT2D eigenvalue weighted by molar-refractivity contribution is 6.27. The van der Waals surface area contributed by atoms with Crippen LogP contribution >= 0.6 is 11.6 Å². The van der Waals surface area contributed by atoms with Crippen molar-refractivity contribution in [2.45, 2.75) is 76.4 Å². The first-order valence-electron chi connectivity index (χ1n) is 14.9. The molecule has 1 aliphatic heterocycles. The van der Waals surface area contributed by atoms with Crippen molar-refractivity contribution < 1.29 is 38.7 Å². The van der Waals surface area contributed by atoms with Crippen LogP contribution in [-0.2, 0) is 40.0 Å². The number of fused-ring (bicyclic) bond motifs is 1. The monoisotopic (exact) mass is 642 g/mol. The van der Waals surface area contributed by atoms with Crippen LogP contribution in [0.25, 0.3) is 10.8 Å². The van der Waals surface area contributed by atoms with Crippen molar-refractivity contribution in [3.05, 3.63) is 48.0 Å². The van der Waals surface area contributed by atoms with Crippen LogP contribution in [-0.4, -0.2) is 81.7 Å². The van der Waals surface area contributed by atoms with Gasteiger partial charge in [0, 0.05) is 31.7 Å². The summed E-state index contributed by atoms with van der Waals surface area (Å²) in [6.07, 6.45) is 0.346. The SMILES string of the molecule is CC(=O)[C@H](CC(N)=O)CC(=O)[C@H](Cc1ccc2ccccc2c1)NC(=O)[C@@H]1CCCCN1C(=O)[C@H](CCC(=O)O)NC(=O)CCl. The number of carbonyl (C=O) groups excluding carboxylic acids is 6. The van der Waals surface area contributed by atoms with E-state index in [0.29, 0.717) is 12.8 Å². The van der Waals surface area contributed by atoms with Crippen LogP contribution in [0.1, 0.15) is 57.4 Å². The fraction of sp³-hybridized carbons (Fsp3) is 0.469. The molecule has 2 aromatic rings. The summed E-state index contributed by atoms with van der Waals surface area (Å²) >= 11 is 5.60. The maximum atomic E-state index is 13.8. The molecule has 2 aromatic carbocycles. The summed E-state index contributed by atoms with van der Waals surface area (Å²) in [6.45, 7) is 1.46. The molecule has 4 atom stereocenters. The number of nitrogens with two attached hydrogens (primary N) is 1. The first-order chi connectivity index (χ1) is 21.4. The Kier molecular flexibility index (Phi) is 13.0. The molecule has 1 heterocycles. The van der Waals surface area contributed by atoms with E-state index in [2.05, 4.69) is 10.6 Å². The van der Waals surface area contributed by atoms with E-state index in [-0.39, 0.29) is 44.4 Å². The van der Waals surface area contributed by atoms with E-state index in [1.807, 2.05) is 42.5 Å². The topological polar surface area (TPSA) is 193 Å². The number of aliphatic carboxylic acids is 1. The predicted molar refractivity (Wildman–Crippen MR) is 166 cm³/mol. The number of amides is 4. The number of rotatable bonds is 16. The molecule has 0 aromatic heterocycles. The van der Waals surface area contributed by atoms with Crippen LogP contribution in [0.4, 0.5) is 0 Å². The zero-order valence-electron chi connectivity index (χ0n) is 25.1. The third kappa shape index (κ3) is 10.4. The number of hydrogen-bond donors (Lipinski definition) is 4. The Morgan fingerprint density at radius 3 is 2.33 bits per heavy atom. The summed E-state index contributed by atoms with van der Waals surface area (Å²) in [4.78, 5) is 89.3. The second-order valence-electron chi connectivity index (χ2n) is 11.3. The number of nitrogens with one attached hydrogen (secondary N) is 2. The number of carboxylic acid groups (broad SMARTS) is 1. The van der Waals surface area contributed by atoms with E-state index in [1.165, 1.54) is 11.8 Å². The number of carbonyl (C=O) groups is 7. The van der Waals surface area contributed by atoms with Crippen molar-refractivity contribution in [3.63, 3.8) is 0 Å². The molecule has 1 aliphatic rings. The first-order valence-corrected chi connectivity index (χ1v) is 15.4. The molecule has 13 heteroatoms. The Morgan fingerprint density at radius 1 is 0.978 bits per heavy atom. The largest absolute Gasteiger partial charge is 0.481 e. The van der Waals surface area contributed by atoms with Gasteiger partial charge in [-0.15, -0.1) is 11.6 Å². The summed E-state index contributed by atoms with van der Waals surface area (Å²) in [5.41, 5.74) is 6.05. The number of Topliss-reactive ketones (excluding diaryl/α,β-unsaturated/α-hetero) is 2. The van der Waals surface area contributed by atoms with Gasteiger partial charge in [-0.3, -0.25) is 33.6 Å². The molecule has 0 bridgehead atoms. The average Bonchev–Trinajstić information content (AvgIpc) is 3.01. The van der Waals surface area contributed by atoms with E-state index in [4.69, 9.17) is 22.4 Å². The van der Waals surface area contributed by atoms with Gasteiger partial charge in [0.25, 0.3) is 0 Å². The third-order valence-electron chi connectivity index (χ3n) is 7.92. The predicted octanol–water partition coefficient (Wildman–Crippen LogP) is 1.88. The molecule has 5 N–H and O–H groups in total. The van der Waals surface area contributed by atoms with Gasteiger partial charge >= 0.3 is 5.97 Å². The third-order valence-corrected chi connectivity index (χ3v) is 8.16. The number of ketones is 2. The van der Waals surface area contributed by atoms with Crippen LogP contribution in [0.15, 0.2) is 42.5 Å². The lowest BCUT2D eigenvalue weighted by Crippen LogP contribution is -2.59. The highest BCUT2D eigenvalue weighted by Crippen LogP contribution is 2.22. The van der Waals surface area contributed by atoms with Gasteiger partial charge < -0.3 is 26.4 Å². The average molecular weight is 643 g/mol. The van der Waals surface area contributed by atoms with Gasteiger partial charge in [-0.05, 0) is 55.4 Å². The van der Waals surface area contributed by atoms with Crippen molar-refractivity contribution >= 4 is 63.5 Å². The first kappa shape index (κ1) is 35.2. The normalized spacial score (nSPS) is 16.7. The van der Waals surface area contributed by atoms with Crippen LogP contribution in [0.3, 0.4) is 0 Å². The second kappa shape index (κ2) is 16.7. The number of carboxylic acids is 1. The molecule has 45 heavy (non-hydrogen) atoms. The van der Waals surface area contributed by atoms with Crippen LogP contribution < -0.4 is 16.4 Å². The Balaban J connectivity index is 1.88. The minimum atomic E-state index is -1.21. The van der Waals surface area contributed by atoms with Crippen molar-refractivity contribution in [2.24, 2.45) is 11.7 Å². The fourth-order valence-electron chi connectivity index (χ4n) is 5.53. The zero-order valence-corrected chi connectivity index (χ0v) is 25.9. The molecule has 242 valence electrons. The molecule has 3 rings (SSSR count). The molecule has 1 saturated heterocycles. The van der Waals surface area contributed by atoms with Crippen LogP contribution in [0.5, 0.6) is 0 Å². The van der Waals surface area contributed by atoms with Gasteiger partial charge in [-0.1, -0.05) is 42.5 Å². The summed E-state index contributed by atoms with van der Waals surface area (Å²) in [7, 11) is 0. The number of likely N-dealkylation sites (tertiary alicyclic amines) is 1. The van der Waals surface area contributed by atoms with E-state index in [0.717, 1.165) is 16.3 Å². The summed E-state index contributed by atoms with van der Waals surface area (Å²) < 4.78 is 0. The molecular formula is C32H39ClN4O8. The maximum Gasteiger partial charge on any atom is 0.303 e. The number of alkyl halides is 1. The molecular weight excluding hydrogens is 604 g/mol. The lowest BCUT2D eigenvalue weighted by Gasteiger charge is -2.37. The smallest absolute Gasteiger partial charge is 0.303 e. The van der Waals surface area contributed by atoms with Gasteiger partial charge in [-0.25, -0.2) is 0 Å². The second-order valence-corrected chi connectivity index (χ2v) is 11.6. The fourth-order valence-corrected chi connectivity index (χ4v) is 5.61. The van der Waals surface area contributed by atoms with Crippen molar-refractivity contribution in [3.8, 4) is 0 Å². The van der Waals surface area contributed by atoms with Gasteiger partial charge in [0.05, 0.1) is 6.04 Å². The summed E-state index contributed by atoms with van der Waals surface area (Å²) in [5.74, 6) is -5.99. The minimum Gasteiger partial charge on any atom is -0.481 e. The van der Waals surface area contributed by atoms with E-state index >= 15 is 0 Å². The molecule has 0 spiro atoms. The Hall–Kier alpha value is -4.32. The molecule has 0 radical (unpaired) electrons. The van der Waals surface area contributed by atoms with Gasteiger partial charge in [0.1, 0.15) is 23.7 Å². The van der Waals surface area contributed by atoms with Gasteiger partial charge in [-0.2, -0.15) is 0 Å². The Labute approximate surface area is 266 Å². The van der Waals surface area contributed by atoms with E-state index in [9.17, 15) is 33.6 Å². The Bertz CT molecular complexity index is 1450. The number of halogens is 1. The van der Waals surface area contributed by atoms with Gasteiger partial charge in [0.15, 0.2) is 5.78 Å². The molecule has 0 unspecified atom stereocenters. The Morgan fingerprint density at radius 2 is 1.69 bits per heavy atom. The number of primary amides is 1. The lowest BCUT2D eigenvalue weighted by molar-refractivity contribution is -0.146. The number of benzene rings is 2. The highest BCUT2D eigenvalue weighted by Gasteiger charge is 2.38.